The van der Waals surface area contributed by atoms with Crippen molar-refractivity contribution in [2.24, 2.45) is 0 Å². The highest BCUT2D eigenvalue weighted by atomic mass is 32.1. The molecule has 0 aromatic carbocycles. The fourth-order valence-corrected chi connectivity index (χ4v) is 2.37. The lowest BCUT2D eigenvalue weighted by molar-refractivity contribution is 0.665. The fraction of sp³-hybridized carbons (Fsp3) is 0.750. The van der Waals surface area contributed by atoms with Crippen LogP contribution in [0.4, 0.5) is 0 Å². The molecule has 1 nitrogen and oxygen atoms in total. The van der Waals surface area contributed by atoms with Gasteiger partial charge in [0, 0.05) is 11.1 Å². The Morgan fingerprint density at radius 1 is 1.29 bits per heavy atom. The molecule has 0 N–H and O–H groups in total. The van der Waals surface area contributed by atoms with E-state index in [1.807, 2.05) is 17.5 Å². The summed E-state index contributed by atoms with van der Waals surface area (Å²) < 4.78 is 0. The lowest BCUT2D eigenvalue weighted by Gasteiger charge is -1.97. The highest BCUT2D eigenvalue weighted by Crippen LogP contribution is 2.22. The average Bonchev–Trinajstić information content (AvgIpc) is 2.61. The maximum atomic E-state index is 4.45. The van der Waals surface area contributed by atoms with E-state index >= 15 is 0 Å². The number of rotatable bonds is 6. The fourth-order valence-electron chi connectivity index (χ4n) is 1.41. The maximum Gasteiger partial charge on any atom is 0.0927 e. The van der Waals surface area contributed by atoms with Crippen LogP contribution in [0.1, 0.15) is 62.3 Å². The van der Waals surface area contributed by atoms with Gasteiger partial charge in [-0.15, -0.1) is 11.3 Å². The van der Waals surface area contributed by atoms with Gasteiger partial charge in [-0.05, 0) is 18.8 Å². The molecule has 0 aliphatic carbocycles. The third-order valence-electron chi connectivity index (χ3n) is 2.38. The van der Waals surface area contributed by atoms with Gasteiger partial charge < -0.3 is 0 Å². The first kappa shape index (κ1) is 11.7. The van der Waals surface area contributed by atoms with Crippen LogP contribution in [0, 0.1) is 0 Å². The summed E-state index contributed by atoms with van der Waals surface area (Å²) in [5, 5.41) is 1.32. The monoisotopic (exact) mass is 211 g/mol. The molecule has 0 fully saturated rings. The summed E-state index contributed by atoms with van der Waals surface area (Å²) in [5.74, 6) is 0.636. The Balaban J connectivity index is 2.29. The van der Waals surface area contributed by atoms with Crippen molar-refractivity contribution < 1.29 is 0 Å². The van der Waals surface area contributed by atoms with Gasteiger partial charge in [0.25, 0.3) is 0 Å². The topological polar surface area (TPSA) is 12.9 Å². The van der Waals surface area contributed by atoms with Gasteiger partial charge in [0.05, 0.1) is 5.01 Å². The Morgan fingerprint density at radius 2 is 2.07 bits per heavy atom. The number of nitrogens with zero attached hydrogens (tertiary/aromatic N) is 1. The first-order chi connectivity index (χ1) is 6.74. The Bertz CT molecular complexity index is 253. The Labute approximate surface area is 91.6 Å². The summed E-state index contributed by atoms with van der Waals surface area (Å²) in [6.07, 6.45) is 8.56. The van der Waals surface area contributed by atoms with Crippen molar-refractivity contribution in [3.8, 4) is 0 Å². The van der Waals surface area contributed by atoms with Crippen LogP contribution in [-0.4, -0.2) is 4.98 Å². The van der Waals surface area contributed by atoms with E-state index in [0.717, 1.165) is 0 Å². The maximum absolute atomic E-state index is 4.45. The number of thiazole rings is 1. The summed E-state index contributed by atoms with van der Waals surface area (Å²) >= 11 is 1.89. The lowest BCUT2D eigenvalue weighted by Crippen LogP contribution is -1.83. The van der Waals surface area contributed by atoms with E-state index in [-0.39, 0.29) is 0 Å². The molecule has 0 saturated carbocycles. The molecular weight excluding hydrogens is 190 g/mol. The molecule has 1 heterocycles. The third-order valence-corrected chi connectivity index (χ3v) is 3.74. The van der Waals surface area contributed by atoms with Gasteiger partial charge in [0.15, 0.2) is 0 Å². The van der Waals surface area contributed by atoms with Gasteiger partial charge >= 0.3 is 0 Å². The highest BCUT2D eigenvalue weighted by molar-refractivity contribution is 7.11. The zero-order valence-electron chi connectivity index (χ0n) is 9.55. The van der Waals surface area contributed by atoms with E-state index < -0.39 is 0 Å². The van der Waals surface area contributed by atoms with E-state index in [4.69, 9.17) is 0 Å². The summed E-state index contributed by atoms with van der Waals surface area (Å²) in [4.78, 5) is 5.88. The van der Waals surface area contributed by atoms with Gasteiger partial charge in [-0.25, -0.2) is 4.98 Å². The first-order valence-corrected chi connectivity index (χ1v) is 6.50. The van der Waals surface area contributed by atoms with Crippen LogP contribution >= 0.6 is 11.3 Å². The van der Waals surface area contributed by atoms with Gasteiger partial charge in [-0.2, -0.15) is 0 Å². The molecule has 0 saturated heterocycles. The zero-order chi connectivity index (χ0) is 10.4. The van der Waals surface area contributed by atoms with Crippen LogP contribution in [0.5, 0.6) is 0 Å². The molecule has 1 aromatic heterocycles. The molecule has 0 amide bonds. The van der Waals surface area contributed by atoms with Crippen molar-refractivity contribution >= 4 is 11.3 Å². The summed E-state index contributed by atoms with van der Waals surface area (Å²) in [6, 6.07) is 0. The second-order valence-corrected chi connectivity index (χ2v) is 5.27. The van der Waals surface area contributed by atoms with Crippen molar-refractivity contribution in [1.29, 1.82) is 0 Å². The molecule has 0 unspecified atom stereocenters. The van der Waals surface area contributed by atoms with Gasteiger partial charge in [0.1, 0.15) is 0 Å². The second kappa shape index (κ2) is 6.18. The van der Waals surface area contributed by atoms with Crippen molar-refractivity contribution in [3.05, 3.63) is 16.1 Å². The third kappa shape index (κ3) is 3.79. The molecule has 1 rings (SSSR count). The summed E-state index contributed by atoms with van der Waals surface area (Å²) in [7, 11) is 0. The standard InChI is InChI=1S/C12H21NS/c1-4-5-6-7-8-12-13-9-11(14-12)10(2)3/h9-10H,4-8H2,1-3H3. The predicted octanol–water partition coefficient (Wildman–Crippen LogP) is 4.39. The van der Waals surface area contributed by atoms with Crippen molar-refractivity contribution in [1.82, 2.24) is 4.98 Å². The largest absolute Gasteiger partial charge is 0.249 e. The molecule has 1 aromatic rings. The molecule has 0 aliphatic heterocycles. The molecule has 0 bridgehead atoms. The summed E-state index contributed by atoms with van der Waals surface area (Å²) in [5.41, 5.74) is 0. The molecule has 80 valence electrons. The van der Waals surface area contributed by atoms with Crippen LogP contribution in [0.3, 0.4) is 0 Å². The summed E-state index contributed by atoms with van der Waals surface area (Å²) in [6.45, 7) is 6.71. The molecule has 0 spiro atoms. The van der Waals surface area contributed by atoms with E-state index in [9.17, 15) is 0 Å². The van der Waals surface area contributed by atoms with Crippen LogP contribution < -0.4 is 0 Å². The van der Waals surface area contributed by atoms with Crippen molar-refractivity contribution in [2.45, 2.75) is 58.8 Å². The van der Waals surface area contributed by atoms with E-state index in [1.165, 1.54) is 42.0 Å². The van der Waals surface area contributed by atoms with Crippen LogP contribution in [-0.2, 0) is 6.42 Å². The van der Waals surface area contributed by atoms with Crippen LogP contribution in [0.25, 0.3) is 0 Å². The van der Waals surface area contributed by atoms with E-state index in [2.05, 4.69) is 25.8 Å². The van der Waals surface area contributed by atoms with Crippen LogP contribution in [0.2, 0.25) is 0 Å². The van der Waals surface area contributed by atoms with Crippen molar-refractivity contribution in [2.75, 3.05) is 0 Å². The first-order valence-electron chi connectivity index (χ1n) is 5.68. The minimum Gasteiger partial charge on any atom is -0.249 e. The minimum atomic E-state index is 0.636. The molecule has 2 heteroatoms. The van der Waals surface area contributed by atoms with Gasteiger partial charge in [0.2, 0.25) is 0 Å². The number of unbranched alkanes of at least 4 members (excludes halogenated alkanes) is 3. The average molecular weight is 211 g/mol. The molecule has 0 radical (unpaired) electrons. The van der Waals surface area contributed by atoms with Gasteiger partial charge in [-0.1, -0.05) is 40.0 Å². The number of hydrogen-bond acceptors (Lipinski definition) is 2. The van der Waals surface area contributed by atoms with Crippen molar-refractivity contribution in [3.63, 3.8) is 0 Å². The number of aryl methyl sites for hydroxylation is 1. The SMILES string of the molecule is CCCCCCc1ncc(C(C)C)s1. The Kier molecular flexibility index (Phi) is 5.16. The Hall–Kier alpha value is -0.370. The predicted molar refractivity (Wildman–Crippen MR) is 64.0 cm³/mol. The van der Waals surface area contributed by atoms with Gasteiger partial charge in [-0.3, -0.25) is 0 Å². The molecule has 14 heavy (non-hydrogen) atoms. The highest BCUT2D eigenvalue weighted by Gasteiger charge is 2.04. The number of hydrogen-bond donors (Lipinski definition) is 0. The smallest absolute Gasteiger partial charge is 0.0927 e. The normalized spacial score (nSPS) is 11.1. The second-order valence-electron chi connectivity index (χ2n) is 4.12. The number of aromatic nitrogens is 1. The quantitative estimate of drug-likeness (QED) is 0.636. The molecule has 0 aliphatic rings. The lowest BCUT2D eigenvalue weighted by atomic mass is 10.2. The molecular formula is C12H21NS. The van der Waals surface area contributed by atoms with E-state index in [1.54, 1.807) is 0 Å². The Morgan fingerprint density at radius 3 is 2.64 bits per heavy atom. The zero-order valence-corrected chi connectivity index (χ0v) is 10.4. The van der Waals surface area contributed by atoms with Crippen LogP contribution in [0.15, 0.2) is 6.20 Å². The molecule has 0 atom stereocenters. The minimum absolute atomic E-state index is 0.636. The van der Waals surface area contributed by atoms with E-state index in [0.29, 0.717) is 5.92 Å².